The van der Waals surface area contributed by atoms with Gasteiger partial charge in [0.2, 0.25) is 5.95 Å². The topological polar surface area (TPSA) is 97.6 Å². The fourth-order valence-electron chi connectivity index (χ4n) is 2.94. The largest absolute Gasteiger partial charge is 0.497 e. The molecule has 0 unspecified atom stereocenters. The summed E-state index contributed by atoms with van der Waals surface area (Å²) >= 11 is 0. The number of ether oxygens (including phenoxy) is 2. The van der Waals surface area contributed by atoms with Crippen LogP contribution in [0.3, 0.4) is 0 Å². The summed E-state index contributed by atoms with van der Waals surface area (Å²) in [6, 6.07) is 9.95. The lowest BCUT2D eigenvalue weighted by Gasteiger charge is -2.26. The maximum Gasteiger partial charge on any atom is 0.223 e. The van der Waals surface area contributed by atoms with Gasteiger partial charge in [-0.15, -0.1) is 0 Å². The number of methoxy groups -OCH3 is 1. The molecule has 1 fully saturated rings. The van der Waals surface area contributed by atoms with Gasteiger partial charge in [-0.2, -0.15) is 9.97 Å². The van der Waals surface area contributed by atoms with Crippen molar-refractivity contribution in [3.63, 3.8) is 0 Å². The molecule has 0 saturated carbocycles. The molecular weight excluding hydrogens is 344 g/mol. The number of nitrogen functional groups attached to an aromatic ring is 1. The van der Waals surface area contributed by atoms with Crippen molar-refractivity contribution in [3.05, 3.63) is 35.9 Å². The van der Waals surface area contributed by atoms with Crippen molar-refractivity contribution in [1.82, 2.24) is 14.9 Å². The van der Waals surface area contributed by atoms with Crippen molar-refractivity contribution in [2.45, 2.75) is 6.42 Å². The van der Waals surface area contributed by atoms with Crippen LogP contribution >= 0.6 is 0 Å². The van der Waals surface area contributed by atoms with Gasteiger partial charge in [-0.05, 0) is 24.1 Å². The number of anilines is 3. The Morgan fingerprint density at radius 3 is 2.41 bits per heavy atom. The minimum absolute atomic E-state index is 0.262. The van der Waals surface area contributed by atoms with Gasteiger partial charge in [0, 0.05) is 38.8 Å². The van der Waals surface area contributed by atoms with Gasteiger partial charge < -0.3 is 25.8 Å². The Kier molecular flexibility index (Phi) is 7.06. The molecular formula is C19H28N6O2. The first-order chi connectivity index (χ1) is 13.2. The summed E-state index contributed by atoms with van der Waals surface area (Å²) in [6.07, 6.45) is 0.883. The van der Waals surface area contributed by atoms with E-state index < -0.39 is 0 Å². The molecule has 1 aromatic heterocycles. The van der Waals surface area contributed by atoms with Crippen LogP contribution in [0, 0.1) is 0 Å². The molecule has 146 valence electrons. The van der Waals surface area contributed by atoms with E-state index in [1.54, 1.807) is 7.11 Å². The zero-order valence-electron chi connectivity index (χ0n) is 15.8. The monoisotopic (exact) mass is 372 g/mol. The number of aromatic nitrogens is 2. The molecule has 1 aliphatic rings. The Morgan fingerprint density at radius 1 is 1.07 bits per heavy atom. The predicted octanol–water partition coefficient (Wildman–Crippen LogP) is 1.47. The van der Waals surface area contributed by atoms with Crippen molar-refractivity contribution >= 4 is 17.6 Å². The van der Waals surface area contributed by atoms with Gasteiger partial charge in [-0.3, -0.25) is 4.90 Å². The van der Waals surface area contributed by atoms with Crippen LogP contribution in [0.5, 0.6) is 5.75 Å². The molecule has 1 aliphatic heterocycles. The van der Waals surface area contributed by atoms with Crippen LogP contribution in [0.2, 0.25) is 0 Å². The Balaban J connectivity index is 1.45. The molecule has 1 saturated heterocycles. The number of nitrogens with one attached hydrogen (secondary N) is 2. The minimum atomic E-state index is 0.262. The van der Waals surface area contributed by atoms with Crippen molar-refractivity contribution in [3.8, 4) is 5.75 Å². The van der Waals surface area contributed by atoms with E-state index in [-0.39, 0.29) is 5.95 Å². The molecule has 2 aromatic rings. The second-order valence-corrected chi connectivity index (χ2v) is 6.40. The number of nitrogens with two attached hydrogens (primary N) is 1. The maximum absolute atomic E-state index is 5.85. The van der Waals surface area contributed by atoms with Crippen molar-refractivity contribution in [1.29, 1.82) is 0 Å². The summed E-state index contributed by atoms with van der Waals surface area (Å²) in [6.45, 7) is 6.09. The van der Waals surface area contributed by atoms with E-state index in [0.717, 1.165) is 69.7 Å². The lowest BCUT2D eigenvalue weighted by atomic mass is 10.1. The van der Waals surface area contributed by atoms with Crippen molar-refractivity contribution in [2.24, 2.45) is 0 Å². The maximum atomic E-state index is 5.85. The fraction of sp³-hybridized carbons (Fsp3) is 0.474. The second kappa shape index (κ2) is 9.94. The Bertz CT molecular complexity index is 704. The molecule has 27 heavy (non-hydrogen) atoms. The fourth-order valence-corrected chi connectivity index (χ4v) is 2.94. The number of nitrogens with zero attached hydrogens (tertiary/aromatic N) is 3. The summed E-state index contributed by atoms with van der Waals surface area (Å²) in [4.78, 5) is 10.9. The minimum Gasteiger partial charge on any atom is -0.497 e. The Hall–Kier alpha value is -2.58. The number of benzene rings is 1. The van der Waals surface area contributed by atoms with E-state index in [1.807, 2.05) is 18.2 Å². The predicted molar refractivity (Wildman–Crippen MR) is 107 cm³/mol. The Labute approximate surface area is 160 Å². The van der Waals surface area contributed by atoms with Gasteiger partial charge in [0.15, 0.2) is 0 Å². The third-order valence-electron chi connectivity index (χ3n) is 4.46. The number of hydrogen-bond acceptors (Lipinski definition) is 8. The molecule has 8 heteroatoms. The lowest BCUT2D eigenvalue weighted by molar-refractivity contribution is 0.0398. The lowest BCUT2D eigenvalue weighted by Crippen LogP contribution is -2.39. The first-order valence-electron chi connectivity index (χ1n) is 9.28. The summed E-state index contributed by atoms with van der Waals surface area (Å²) in [5, 5.41) is 6.64. The average Bonchev–Trinajstić information content (AvgIpc) is 2.69. The third kappa shape index (κ3) is 6.26. The standard InChI is InChI=1S/C19H28N6O2/c1-26-16-4-2-15(3-5-16)6-7-21-17-14-18(24-19(20)23-17)22-8-9-25-10-12-27-13-11-25/h2-5,14H,6-13H2,1H3,(H4,20,21,22,23,24). The summed E-state index contributed by atoms with van der Waals surface area (Å²) < 4.78 is 10.5. The smallest absolute Gasteiger partial charge is 0.223 e. The number of morpholine rings is 1. The van der Waals surface area contributed by atoms with E-state index in [2.05, 4.69) is 37.6 Å². The molecule has 2 heterocycles. The van der Waals surface area contributed by atoms with Crippen LogP contribution in [0.15, 0.2) is 30.3 Å². The van der Waals surface area contributed by atoms with Crippen LogP contribution in [0.1, 0.15) is 5.56 Å². The van der Waals surface area contributed by atoms with E-state index in [0.29, 0.717) is 0 Å². The molecule has 1 aromatic carbocycles. The highest BCUT2D eigenvalue weighted by atomic mass is 16.5. The van der Waals surface area contributed by atoms with Gasteiger partial charge in [-0.1, -0.05) is 12.1 Å². The molecule has 3 rings (SSSR count). The van der Waals surface area contributed by atoms with Gasteiger partial charge in [0.05, 0.1) is 20.3 Å². The van der Waals surface area contributed by atoms with Crippen LogP contribution < -0.4 is 21.1 Å². The molecule has 0 spiro atoms. The zero-order valence-corrected chi connectivity index (χ0v) is 15.8. The average molecular weight is 372 g/mol. The highest BCUT2D eigenvalue weighted by Crippen LogP contribution is 2.14. The molecule has 0 aliphatic carbocycles. The molecule has 0 amide bonds. The van der Waals surface area contributed by atoms with E-state index in [9.17, 15) is 0 Å². The van der Waals surface area contributed by atoms with Gasteiger partial charge in [0.1, 0.15) is 17.4 Å². The summed E-state index contributed by atoms with van der Waals surface area (Å²) in [5.41, 5.74) is 7.08. The van der Waals surface area contributed by atoms with E-state index >= 15 is 0 Å². The van der Waals surface area contributed by atoms with Gasteiger partial charge in [0.25, 0.3) is 0 Å². The van der Waals surface area contributed by atoms with Gasteiger partial charge in [-0.25, -0.2) is 0 Å². The summed E-state index contributed by atoms with van der Waals surface area (Å²) in [7, 11) is 1.67. The molecule has 8 nitrogen and oxygen atoms in total. The van der Waals surface area contributed by atoms with Crippen LogP contribution in [0.4, 0.5) is 17.6 Å². The number of hydrogen-bond donors (Lipinski definition) is 3. The van der Waals surface area contributed by atoms with Crippen LogP contribution in [-0.2, 0) is 11.2 Å². The quantitative estimate of drug-likeness (QED) is 0.609. The van der Waals surface area contributed by atoms with Gasteiger partial charge >= 0.3 is 0 Å². The zero-order chi connectivity index (χ0) is 18.9. The van der Waals surface area contributed by atoms with E-state index in [1.165, 1.54) is 5.56 Å². The molecule has 0 bridgehead atoms. The normalized spacial score (nSPS) is 14.7. The molecule has 4 N–H and O–H groups in total. The second-order valence-electron chi connectivity index (χ2n) is 6.40. The SMILES string of the molecule is COc1ccc(CCNc2cc(NCCN3CCOCC3)nc(N)n2)cc1. The first-order valence-corrected chi connectivity index (χ1v) is 9.28. The molecule has 0 radical (unpaired) electrons. The molecule has 0 atom stereocenters. The Morgan fingerprint density at radius 2 is 1.74 bits per heavy atom. The highest BCUT2D eigenvalue weighted by molar-refractivity contribution is 5.51. The summed E-state index contributed by atoms with van der Waals surface area (Å²) in [5.74, 6) is 2.59. The first kappa shape index (κ1) is 19.2. The van der Waals surface area contributed by atoms with Crippen LogP contribution in [-0.4, -0.2) is 67.9 Å². The van der Waals surface area contributed by atoms with Crippen molar-refractivity contribution < 1.29 is 9.47 Å². The highest BCUT2D eigenvalue weighted by Gasteiger charge is 2.09. The van der Waals surface area contributed by atoms with Crippen LogP contribution in [0.25, 0.3) is 0 Å². The van der Waals surface area contributed by atoms with Crippen molar-refractivity contribution in [2.75, 3.05) is 69.4 Å². The third-order valence-corrected chi connectivity index (χ3v) is 4.46. The number of rotatable bonds is 9. The van der Waals surface area contributed by atoms with E-state index in [4.69, 9.17) is 15.2 Å².